The Morgan fingerprint density at radius 2 is 1.71 bits per heavy atom. The highest BCUT2D eigenvalue weighted by atomic mass is 16.6. The summed E-state index contributed by atoms with van der Waals surface area (Å²) < 4.78 is 5.20. The summed E-state index contributed by atoms with van der Waals surface area (Å²) in [6.45, 7) is 3.16. The highest BCUT2D eigenvalue weighted by Crippen LogP contribution is 2.22. The fourth-order valence-corrected chi connectivity index (χ4v) is 3.40. The first-order valence-electron chi connectivity index (χ1n) is 9.67. The second kappa shape index (κ2) is 8.86. The maximum absolute atomic E-state index is 12.3. The lowest BCUT2D eigenvalue weighted by molar-refractivity contribution is -0.122. The van der Waals surface area contributed by atoms with E-state index in [0.29, 0.717) is 43.7 Å². The van der Waals surface area contributed by atoms with Gasteiger partial charge in [-0.2, -0.15) is 0 Å². The van der Waals surface area contributed by atoms with E-state index in [0.717, 1.165) is 17.7 Å². The fourth-order valence-electron chi connectivity index (χ4n) is 3.40. The van der Waals surface area contributed by atoms with Crippen LogP contribution in [0.15, 0.2) is 24.3 Å². The lowest BCUT2D eigenvalue weighted by Gasteiger charge is -2.32. The van der Waals surface area contributed by atoms with E-state index in [4.69, 9.17) is 4.74 Å². The molecule has 4 amide bonds. The zero-order valence-corrected chi connectivity index (χ0v) is 16.0. The van der Waals surface area contributed by atoms with E-state index < -0.39 is 11.8 Å². The molecule has 28 heavy (non-hydrogen) atoms. The number of benzene rings is 1. The van der Waals surface area contributed by atoms with E-state index in [1.807, 2.05) is 6.92 Å². The van der Waals surface area contributed by atoms with Crippen LogP contribution in [0.2, 0.25) is 0 Å². The zero-order chi connectivity index (χ0) is 20.1. The summed E-state index contributed by atoms with van der Waals surface area (Å²) in [7, 11) is 0. The summed E-state index contributed by atoms with van der Waals surface area (Å²) in [6.07, 6.45) is 2.71. The molecule has 1 N–H and O–H groups in total. The number of rotatable bonds is 6. The number of nitrogens with zero attached hydrogens (tertiary/aromatic N) is 2. The van der Waals surface area contributed by atoms with Crippen LogP contribution >= 0.6 is 0 Å². The van der Waals surface area contributed by atoms with Gasteiger partial charge in [0, 0.05) is 19.1 Å². The summed E-state index contributed by atoms with van der Waals surface area (Å²) in [4.78, 5) is 51.6. The van der Waals surface area contributed by atoms with E-state index >= 15 is 0 Å². The van der Waals surface area contributed by atoms with Crippen molar-refractivity contribution in [1.29, 1.82) is 0 Å². The van der Waals surface area contributed by atoms with Gasteiger partial charge in [0.15, 0.2) is 0 Å². The number of piperidine rings is 1. The molecule has 3 rings (SSSR count). The molecular weight excluding hydrogens is 362 g/mol. The molecule has 0 spiro atoms. The van der Waals surface area contributed by atoms with Crippen molar-refractivity contribution in [2.24, 2.45) is 0 Å². The molecule has 150 valence electrons. The number of carbonyl (C=O) groups is 4. The van der Waals surface area contributed by atoms with Crippen molar-refractivity contribution in [2.45, 2.75) is 38.6 Å². The highest BCUT2D eigenvalue weighted by molar-refractivity contribution is 6.22. The first-order valence-corrected chi connectivity index (χ1v) is 9.67. The molecule has 0 saturated carbocycles. The number of imide groups is 1. The Morgan fingerprint density at radius 1 is 1.11 bits per heavy atom. The molecule has 8 heteroatoms. The Morgan fingerprint density at radius 3 is 2.29 bits per heavy atom. The molecule has 0 unspecified atom stereocenters. The van der Waals surface area contributed by atoms with Gasteiger partial charge < -0.3 is 15.0 Å². The number of nitrogens with one attached hydrogen (secondary N) is 1. The van der Waals surface area contributed by atoms with E-state index in [1.54, 1.807) is 29.2 Å². The average molecular weight is 387 g/mol. The molecule has 2 heterocycles. The molecular formula is C20H25N3O5. The Balaban J connectivity index is 1.45. The second-order valence-electron chi connectivity index (χ2n) is 7.04. The monoisotopic (exact) mass is 387 g/mol. The average Bonchev–Trinajstić information content (AvgIpc) is 2.94. The van der Waals surface area contributed by atoms with Crippen LogP contribution in [0.1, 0.15) is 53.3 Å². The van der Waals surface area contributed by atoms with Gasteiger partial charge in [-0.25, -0.2) is 4.79 Å². The van der Waals surface area contributed by atoms with Gasteiger partial charge in [0.1, 0.15) is 6.54 Å². The maximum Gasteiger partial charge on any atom is 0.409 e. The predicted octanol–water partition coefficient (Wildman–Crippen LogP) is 1.80. The Hall–Kier alpha value is -2.90. The van der Waals surface area contributed by atoms with Crippen LogP contribution in [0, 0.1) is 0 Å². The molecule has 1 fully saturated rings. The number of carbonyl (C=O) groups excluding carboxylic acids is 4. The second-order valence-corrected chi connectivity index (χ2v) is 7.04. The van der Waals surface area contributed by atoms with Crippen molar-refractivity contribution in [3.05, 3.63) is 35.4 Å². The molecule has 0 aliphatic carbocycles. The van der Waals surface area contributed by atoms with Crippen LogP contribution < -0.4 is 5.32 Å². The van der Waals surface area contributed by atoms with Crippen LogP contribution in [0.5, 0.6) is 0 Å². The zero-order valence-electron chi connectivity index (χ0n) is 16.0. The number of unbranched alkanes of at least 4 members (excludes halogenated alkanes) is 1. The number of hydrogen-bond donors (Lipinski definition) is 1. The third kappa shape index (κ3) is 4.32. The van der Waals surface area contributed by atoms with Crippen LogP contribution in [0.25, 0.3) is 0 Å². The van der Waals surface area contributed by atoms with Crippen molar-refractivity contribution in [1.82, 2.24) is 15.1 Å². The van der Waals surface area contributed by atoms with Crippen molar-refractivity contribution < 1.29 is 23.9 Å². The first-order chi connectivity index (χ1) is 13.5. The largest absolute Gasteiger partial charge is 0.449 e. The van der Waals surface area contributed by atoms with E-state index in [1.165, 1.54) is 0 Å². The van der Waals surface area contributed by atoms with Crippen LogP contribution in [0.3, 0.4) is 0 Å². The number of amides is 4. The van der Waals surface area contributed by atoms with Crippen molar-refractivity contribution in [2.75, 3.05) is 26.2 Å². The Bertz CT molecular complexity index is 736. The highest BCUT2D eigenvalue weighted by Gasteiger charge is 2.36. The van der Waals surface area contributed by atoms with E-state index in [9.17, 15) is 19.2 Å². The summed E-state index contributed by atoms with van der Waals surface area (Å²) in [5, 5.41) is 2.86. The van der Waals surface area contributed by atoms with Gasteiger partial charge in [-0.05, 0) is 31.4 Å². The molecule has 1 aromatic rings. The number of fused-ring (bicyclic) bond motifs is 1. The molecule has 1 saturated heterocycles. The molecule has 0 aromatic heterocycles. The Kier molecular flexibility index (Phi) is 6.28. The van der Waals surface area contributed by atoms with Crippen molar-refractivity contribution >= 4 is 23.8 Å². The van der Waals surface area contributed by atoms with Crippen LogP contribution in [-0.2, 0) is 9.53 Å². The predicted molar refractivity (Wildman–Crippen MR) is 101 cm³/mol. The smallest absolute Gasteiger partial charge is 0.409 e. The summed E-state index contributed by atoms with van der Waals surface area (Å²) in [6, 6.07) is 6.46. The molecule has 1 aromatic carbocycles. The van der Waals surface area contributed by atoms with Crippen LogP contribution in [-0.4, -0.2) is 65.9 Å². The molecule has 0 atom stereocenters. The standard InChI is InChI=1S/C20H25N3O5/c1-2-3-12-28-20(27)22-10-8-14(9-11-22)21-17(24)13-23-18(25)15-6-4-5-7-16(15)19(23)26/h4-7,14H,2-3,8-13H2,1H3,(H,21,24). The minimum absolute atomic E-state index is 0.0950. The van der Waals surface area contributed by atoms with Gasteiger partial charge in [0.2, 0.25) is 5.91 Å². The lowest BCUT2D eigenvalue weighted by atomic mass is 10.1. The maximum atomic E-state index is 12.3. The van der Waals surface area contributed by atoms with Gasteiger partial charge in [0.05, 0.1) is 17.7 Å². The lowest BCUT2D eigenvalue weighted by Crippen LogP contribution is -2.49. The molecule has 2 aliphatic heterocycles. The third-order valence-electron chi connectivity index (χ3n) is 5.02. The SMILES string of the molecule is CCCCOC(=O)N1CCC(NC(=O)CN2C(=O)c3ccccc3C2=O)CC1. The van der Waals surface area contributed by atoms with Gasteiger partial charge in [-0.3, -0.25) is 19.3 Å². The topological polar surface area (TPSA) is 96.0 Å². The molecule has 2 aliphatic rings. The van der Waals surface area contributed by atoms with Gasteiger partial charge >= 0.3 is 6.09 Å². The summed E-state index contributed by atoms with van der Waals surface area (Å²) in [5.74, 6) is -1.26. The van der Waals surface area contributed by atoms with Gasteiger partial charge in [-0.15, -0.1) is 0 Å². The van der Waals surface area contributed by atoms with Gasteiger partial charge in [-0.1, -0.05) is 25.5 Å². The normalized spacial score (nSPS) is 16.9. The van der Waals surface area contributed by atoms with Crippen molar-refractivity contribution in [3.63, 3.8) is 0 Å². The molecule has 0 radical (unpaired) electrons. The minimum Gasteiger partial charge on any atom is -0.449 e. The first kappa shape index (κ1) is 19.9. The van der Waals surface area contributed by atoms with Gasteiger partial charge in [0.25, 0.3) is 11.8 Å². The van der Waals surface area contributed by atoms with E-state index in [2.05, 4.69) is 5.32 Å². The number of ether oxygens (including phenoxy) is 1. The third-order valence-corrected chi connectivity index (χ3v) is 5.02. The number of hydrogen-bond acceptors (Lipinski definition) is 5. The Labute approximate surface area is 163 Å². The van der Waals surface area contributed by atoms with Crippen molar-refractivity contribution in [3.8, 4) is 0 Å². The number of likely N-dealkylation sites (tertiary alicyclic amines) is 1. The molecule has 0 bridgehead atoms. The fraction of sp³-hybridized carbons (Fsp3) is 0.500. The minimum atomic E-state index is -0.444. The van der Waals surface area contributed by atoms with Crippen LogP contribution in [0.4, 0.5) is 4.79 Å². The van der Waals surface area contributed by atoms with E-state index in [-0.39, 0.29) is 24.6 Å². The summed E-state index contributed by atoms with van der Waals surface area (Å²) in [5.41, 5.74) is 0.658. The molecule has 8 nitrogen and oxygen atoms in total. The quantitative estimate of drug-likeness (QED) is 0.593. The summed E-state index contributed by atoms with van der Waals surface area (Å²) >= 11 is 0.